The highest BCUT2D eigenvalue weighted by molar-refractivity contribution is 5.80. The molecule has 5 rings (SSSR count). The zero-order chi connectivity index (χ0) is 23.8. The van der Waals surface area contributed by atoms with Crippen LogP contribution in [-0.2, 0) is 4.84 Å². The Balaban J connectivity index is 1.36. The number of imidazole rings is 1. The van der Waals surface area contributed by atoms with Gasteiger partial charge in [-0.1, -0.05) is 6.07 Å². The fourth-order valence-corrected chi connectivity index (χ4v) is 4.55. The van der Waals surface area contributed by atoms with Gasteiger partial charge in [-0.25, -0.2) is 13.8 Å². The molecule has 1 aromatic heterocycles. The zero-order valence-corrected chi connectivity index (χ0v) is 19.4. The lowest BCUT2D eigenvalue weighted by Gasteiger charge is -2.32. The van der Waals surface area contributed by atoms with Crippen molar-refractivity contribution < 1.29 is 18.4 Å². The van der Waals surface area contributed by atoms with Gasteiger partial charge in [0.05, 0.1) is 37.4 Å². The number of aromatic nitrogens is 2. The fraction of sp³-hybridized carbons (Fsp3) is 0.360. The van der Waals surface area contributed by atoms with Crippen LogP contribution in [0.4, 0.5) is 8.78 Å². The molecule has 2 aromatic carbocycles. The number of oxime groups is 1. The molecule has 2 aliphatic heterocycles. The lowest BCUT2D eigenvalue weighted by atomic mass is 10.0. The lowest BCUT2D eigenvalue weighted by Crippen LogP contribution is -2.45. The van der Waals surface area contributed by atoms with E-state index in [2.05, 4.69) is 26.4 Å². The number of benzene rings is 2. The van der Waals surface area contributed by atoms with Gasteiger partial charge in [0.2, 0.25) is 5.96 Å². The molecular weight excluding hydrogens is 440 g/mol. The van der Waals surface area contributed by atoms with E-state index < -0.39 is 17.7 Å². The molecule has 1 N–H and O–H groups in total. The summed E-state index contributed by atoms with van der Waals surface area (Å²) < 4.78 is 35.2. The van der Waals surface area contributed by atoms with Gasteiger partial charge in [0.15, 0.2) is 17.7 Å². The molecule has 0 aliphatic carbocycles. The SMILES string of the molecule is COc1cc(C2CCCN3CC(c4cc(C)c(F)c(F)c4)ON=C3N2)ccc1-n1cnc(C)c1. The quantitative estimate of drug-likeness (QED) is 0.610. The van der Waals surface area contributed by atoms with Crippen LogP contribution in [0.3, 0.4) is 0 Å². The van der Waals surface area contributed by atoms with Crippen LogP contribution in [0.1, 0.15) is 47.4 Å². The molecule has 3 aromatic rings. The van der Waals surface area contributed by atoms with Crippen molar-refractivity contribution in [3.63, 3.8) is 0 Å². The smallest absolute Gasteiger partial charge is 0.236 e. The largest absolute Gasteiger partial charge is 0.495 e. The van der Waals surface area contributed by atoms with Crippen LogP contribution in [0.5, 0.6) is 5.75 Å². The van der Waals surface area contributed by atoms with Gasteiger partial charge in [0, 0.05) is 18.3 Å². The van der Waals surface area contributed by atoms with Crippen molar-refractivity contribution in [3.05, 3.63) is 76.9 Å². The summed E-state index contributed by atoms with van der Waals surface area (Å²) in [4.78, 5) is 12.1. The molecule has 1 saturated heterocycles. The van der Waals surface area contributed by atoms with Gasteiger partial charge < -0.3 is 24.4 Å². The highest BCUT2D eigenvalue weighted by Crippen LogP contribution is 2.32. The third-order valence-electron chi connectivity index (χ3n) is 6.38. The topological polar surface area (TPSA) is 63.9 Å². The molecule has 2 atom stereocenters. The van der Waals surface area contributed by atoms with Gasteiger partial charge >= 0.3 is 0 Å². The standard InChI is InChI=1S/C25H27F2N5O2/c1-15-9-18(10-19(26)24(15)27)23-13-31-8-4-5-20(29-25(31)30-34-23)17-6-7-21(22(11-17)33-3)32-12-16(2)28-14-32/h6-7,9-12,14,20,23H,4-5,8,13H2,1-3H3,(H,29,30). The number of halogens is 2. The second-order valence-electron chi connectivity index (χ2n) is 8.78. The minimum Gasteiger partial charge on any atom is -0.495 e. The monoisotopic (exact) mass is 467 g/mol. The molecule has 0 radical (unpaired) electrons. The molecule has 3 heterocycles. The Bertz CT molecular complexity index is 1220. The van der Waals surface area contributed by atoms with E-state index in [1.54, 1.807) is 26.4 Å². The molecular formula is C25H27F2N5O2. The molecule has 1 fully saturated rings. The minimum absolute atomic E-state index is 0.0295. The first-order valence-electron chi connectivity index (χ1n) is 11.3. The minimum atomic E-state index is -0.870. The summed E-state index contributed by atoms with van der Waals surface area (Å²) in [6.07, 6.45) is 5.10. The van der Waals surface area contributed by atoms with Crippen LogP contribution in [-0.4, -0.2) is 40.6 Å². The second kappa shape index (κ2) is 8.96. The Morgan fingerprint density at radius 1 is 1.15 bits per heavy atom. The van der Waals surface area contributed by atoms with Gasteiger partial charge in [-0.3, -0.25) is 0 Å². The first-order valence-corrected chi connectivity index (χ1v) is 11.3. The molecule has 34 heavy (non-hydrogen) atoms. The predicted molar refractivity (Wildman–Crippen MR) is 124 cm³/mol. The van der Waals surface area contributed by atoms with Gasteiger partial charge in [-0.05, 0) is 67.2 Å². The number of hydrogen-bond donors (Lipinski definition) is 1. The van der Waals surface area contributed by atoms with E-state index >= 15 is 0 Å². The van der Waals surface area contributed by atoms with Gasteiger partial charge in [0.1, 0.15) is 5.75 Å². The van der Waals surface area contributed by atoms with Crippen molar-refractivity contribution in [1.82, 2.24) is 19.8 Å². The number of nitrogens with zero attached hydrogens (tertiary/aromatic N) is 4. The highest BCUT2D eigenvalue weighted by atomic mass is 19.2. The number of ether oxygens (including phenoxy) is 1. The summed E-state index contributed by atoms with van der Waals surface area (Å²) in [6, 6.07) is 8.99. The van der Waals surface area contributed by atoms with Crippen LogP contribution >= 0.6 is 0 Å². The van der Waals surface area contributed by atoms with Gasteiger partial charge in [-0.15, -0.1) is 0 Å². The molecule has 178 valence electrons. The number of methoxy groups -OCH3 is 1. The number of hydrogen-bond acceptors (Lipinski definition) is 6. The molecule has 0 saturated carbocycles. The zero-order valence-electron chi connectivity index (χ0n) is 19.4. The number of nitrogens with one attached hydrogen (secondary N) is 1. The highest BCUT2D eigenvalue weighted by Gasteiger charge is 2.31. The maximum atomic E-state index is 13.9. The summed E-state index contributed by atoms with van der Waals surface area (Å²) in [6.45, 7) is 4.79. The number of fused-ring (bicyclic) bond motifs is 1. The molecule has 7 nitrogen and oxygen atoms in total. The van der Waals surface area contributed by atoms with E-state index in [1.807, 2.05) is 29.8 Å². The molecule has 2 unspecified atom stereocenters. The molecule has 0 amide bonds. The van der Waals surface area contributed by atoms with Crippen LogP contribution in [0, 0.1) is 25.5 Å². The van der Waals surface area contributed by atoms with Crippen molar-refractivity contribution in [2.24, 2.45) is 5.16 Å². The maximum Gasteiger partial charge on any atom is 0.236 e. The number of rotatable bonds is 4. The van der Waals surface area contributed by atoms with E-state index in [0.29, 0.717) is 18.1 Å². The third-order valence-corrected chi connectivity index (χ3v) is 6.38. The average Bonchev–Trinajstić information content (AvgIpc) is 3.15. The Morgan fingerprint density at radius 3 is 2.74 bits per heavy atom. The Hall–Kier alpha value is -3.62. The van der Waals surface area contributed by atoms with Crippen molar-refractivity contribution in [2.75, 3.05) is 20.2 Å². The molecule has 2 aliphatic rings. The van der Waals surface area contributed by atoms with E-state index in [0.717, 1.165) is 42.1 Å². The lowest BCUT2D eigenvalue weighted by molar-refractivity contribution is 0.0179. The van der Waals surface area contributed by atoms with Gasteiger partial charge in [0.25, 0.3) is 0 Å². The summed E-state index contributed by atoms with van der Waals surface area (Å²) in [7, 11) is 1.66. The van der Waals surface area contributed by atoms with Crippen LogP contribution in [0.15, 0.2) is 48.0 Å². The Kier molecular flexibility index (Phi) is 5.85. The summed E-state index contributed by atoms with van der Waals surface area (Å²) in [5, 5.41) is 7.80. The molecule has 0 bridgehead atoms. The normalized spacial score (nSPS) is 20.0. The first kappa shape index (κ1) is 22.2. The molecule has 9 heteroatoms. The van der Waals surface area contributed by atoms with E-state index in [-0.39, 0.29) is 11.6 Å². The first-order chi connectivity index (χ1) is 16.4. The fourth-order valence-electron chi connectivity index (χ4n) is 4.55. The van der Waals surface area contributed by atoms with Crippen molar-refractivity contribution in [3.8, 4) is 11.4 Å². The Labute approximate surface area is 197 Å². The predicted octanol–water partition coefficient (Wildman–Crippen LogP) is 4.54. The van der Waals surface area contributed by atoms with Gasteiger partial charge in [-0.2, -0.15) is 0 Å². The second-order valence-corrected chi connectivity index (χ2v) is 8.78. The average molecular weight is 468 g/mol. The summed E-state index contributed by atoms with van der Waals surface area (Å²) >= 11 is 0. The third kappa shape index (κ3) is 4.18. The van der Waals surface area contributed by atoms with Crippen LogP contribution in [0.2, 0.25) is 0 Å². The van der Waals surface area contributed by atoms with Crippen molar-refractivity contribution in [2.45, 2.75) is 38.8 Å². The maximum absolute atomic E-state index is 13.9. The Morgan fingerprint density at radius 2 is 2.00 bits per heavy atom. The van der Waals surface area contributed by atoms with Crippen molar-refractivity contribution >= 4 is 5.96 Å². The molecule has 0 spiro atoms. The van der Waals surface area contributed by atoms with E-state index in [4.69, 9.17) is 9.57 Å². The number of guanidine groups is 1. The van der Waals surface area contributed by atoms with E-state index in [9.17, 15) is 8.78 Å². The summed E-state index contributed by atoms with van der Waals surface area (Å²) in [5.74, 6) is -0.293. The van der Waals surface area contributed by atoms with E-state index in [1.165, 1.54) is 6.07 Å². The number of aryl methyl sites for hydroxylation is 2. The van der Waals surface area contributed by atoms with Crippen LogP contribution in [0.25, 0.3) is 5.69 Å². The van der Waals surface area contributed by atoms with Crippen molar-refractivity contribution in [1.29, 1.82) is 0 Å². The van der Waals surface area contributed by atoms with Crippen LogP contribution < -0.4 is 10.1 Å². The summed E-state index contributed by atoms with van der Waals surface area (Å²) in [5.41, 5.74) is 3.77.